The molecule has 82 valence electrons. The summed E-state index contributed by atoms with van der Waals surface area (Å²) >= 11 is 0. The first-order chi connectivity index (χ1) is 6.63. The predicted octanol–water partition coefficient (Wildman–Crippen LogP) is 1.74. The second kappa shape index (κ2) is 7.91. The van der Waals surface area contributed by atoms with Crippen LogP contribution in [0.15, 0.2) is 12.2 Å². The van der Waals surface area contributed by atoms with Gasteiger partial charge in [-0.2, -0.15) is 0 Å². The topological polar surface area (TPSA) is 35.5 Å². The van der Waals surface area contributed by atoms with Gasteiger partial charge in [0.25, 0.3) is 0 Å². The molecule has 0 aliphatic carbocycles. The minimum Gasteiger partial charge on any atom is -0.391 e. The summed E-state index contributed by atoms with van der Waals surface area (Å²) in [6.45, 7) is 10.5. The molecule has 4 heteroatoms. The first-order valence-electron chi connectivity index (χ1n) is 5.06. The molecule has 0 atom stereocenters. The van der Waals surface area contributed by atoms with Crippen LogP contribution in [-0.4, -0.2) is 27.9 Å². The van der Waals surface area contributed by atoms with Crippen LogP contribution in [0.1, 0.15) is 33.6 Å². The number of carbonyl (C=O) groups is 1. The van der Waals surface area contributed by atoms with Crippen LogP contribution in [0.3, 0.4) is 0 Å². The van der Waals surface area contributed by atoms with Crippen molar-refractivity contribution in [2.45, 2.75) is 33.6 Å². The monoisotopic (exact) mass is 216 g/mol. The summed E-state index contributed by atoms with van der Waals surface area (Å²) in [4.78, 5) is 11.6. The Morgan fingerprint density at radius 1 is 1.21 bits per heavy atom. The van der Waals surface area contributed by atoms with Gasteiger partial charge in [-0.05, 0) is 25.3 Å². The van der Waals surface area contributed by atoms with Crippen molar-refractivity contribution in [1.29, 1.82) is 0 Å². The summed E-state index contributed by atoms with van der Waals surface area (Å²) in [7, 11) is -2.16. The van der Waals surface area contributed by atoms with E-state index >= 15 is 0 Å². The average molecular weight is 216 g/mol. The van der Waals surface area contributed by atoms with Crippen LogP contribution in [0.5, 0.6) is 0 Å². The van der Waals surface area contributed by atoms with Gasteiger partial charge in [-0.15, -0.1) is 0 Å². The zero-order valence-electron chi connectivity index (χ0n) is 9.34. The highest BCUT2D eigenvalue weighted by Crippen LogP contribution is 2.01. The third kappa shape index (κ3) is 5.31. The van der Waals surface area contributed by atoms with Crippen molar-refractivity contribution in [3.8, 4) is 0 Å². The highest BCUT2D eigenvalue weighted by molar-refractivity contribution is 6.83. The first-order valence-corrected chi connectivity index (χ1v) is 6.58. The minimum absolute atomic E-state index is 0.0214. The maximum atomic E-state index is 11.6. The van der Waals surface area contributed by atoms with Gasteiger partial charge in [0.15, 0.2) is 5.41 Å². The molecule has 0 bridgehead atoms. The van der Waals surface area contributed by atoms with Gasteiger partial charge in [0.2, 0.25) is 0 Å². The minimum atomic E-state index is -2.16. The maximum Gasteiger partial charge on any atom is 0.399 e. The third-order valence-corrected chi connectivity index (χ3v) is 3.58. The van der Waals surface area contributed by atoms with E-state index in [4.69, 9.17) is 8.85 Å². The van der Waals surface area contributed by atoms with Crippen LogP contribution >= 0.6 is 0 Å². The highest BCUT2D eigenvalue weighted by atomic mass is 28.3. The van der Waals surface area contributed by atoms with Gasteiger partial charge in [-0.3, -0.25) is 4.79 Å². The molecule has 0 radical (unpaired) electrons. The third-order valence-electron chi connectivity index (χ3n) is 1.58. The van der Waals surface area contributed by atoms with Crippen molar-refractivity contribution in [2.75, 3.05) is 13.2 Å². The number of hydrogen-bond donors (Lipinski definition) is 0. The molecule has 0 aliphatic heterocycles. The van der Waals surface area contributed by atoms with E-state index in [0.29, 0.717) is 18.8 Å². The number of carbonyl (C=O) groups excluding carboxylic acids is 1. The Kier molecular flexibility index (Phi) is 7.65. The summed E-state index contributed by atoms with van der Waals surface area (Å²) in [5.41, 5.74) is 0.536. The standard InChI is InChI=1S/C10H20O3Si/c1-5-7-12-14(13-8-6-2)10(11)9(3)4/h14H,3,5-8H2,1-2,4H3. The van der Waals surface area contributed by atoms with E-state index in [0.717, 1.165) is 12.8 Å². The maximum absolute atomic E-state index is 11.6. The van der Waals surface area contributed by atoms with Crippen molar-refractivity contribution in [1.82, 2.24) is 0 Å². The zero-order chi connectivity index (χ0) is 11.0. The van der Waals surface area contributed by atoms with Crippen molar-refractivity contribution >= 4 is 14.7 Å². The molecule has 0 aromatic carbocycles. The Bertz CT molecular complexity index is 184. The summed E-state index contributed by atoms with van der Waals surface area (Å²) in [5, 5.41) is -0.0214. The van der Waals surface area contributed by atoms with Crippen LogP contribution in [0, 0.1) is 0 Å². The normalized spacial score (nSPS) is 10.6. The predicted molar refractivity (Wildman–Crippen MR) is 59.5 cm³/mol. The molecule has 0 aliphatic rings. The Morgan fingerprint density at radius 2 is 1.64 bits per heavy atom. The SMILES string of the molecule is C=C(C)C(=O)[SiH](OCCC)OCCC. The van der Waals surface area contributed by atoms with Crippen LogP contribution in [0.2, 0.25) is 0 Å². The van der Waals surface area contributed by atoms with Gasteiger partial charge in [0.1, 0.15) is 0 Å². The lowest BCUT2D eigenvalue weighted by molar-refractivity contribution is -0.111. The van der Waals surface area contributed by atoms with Gasteiger partial charge < -0.3 is 8.85 Å². The lowest BCUT2D eigenvalue weighted by Gasteiger charge is -2.14. The second-order valence-corrected chi connectivity index (χ2v) is 5.07. The summed E-state index contributed by atoms with van der Waals surface area (Å²) in [6, 6.07) is 0. The summed E-state index contributed by atoms with van der Waals surface area (Å²) in [5.74, 6) is 0. The fourth-order valence-electron chi connectivity index (χ4n) is 0.850. The van der Waals surface area contributed by atoms with Crippen molar-refractivity contribution in [2.24, 2.45) is 0 Å². The lowest BCUT2D eigenvalue weighted by Crippen LogP contribution is -2.34. The molecule has 0 unspecified atom stereocenters. The Hall–Kier alpha value is -0.453. The van der Waals surface area contributed by atoms with E-state index in [1.807, 2.05) is 13.8 Å². The second-order valence-electron chi connectivity index (χ2n) is 3.22. The molecule has 0 rings (SSSR count). The summed E-state index contributed by atoms with van der Waals surface area (Å²) < 4.78 is 10.8. The van der Waals surface area contributed by atoms with Crippen LogP contribution in [0.4, 0.5) is 0 Å². The molecule has 0 saturated heterocycles. The van der Waals surface area contributed by atoms with Crippen LogP contribution in [-0.2, 0) is 13.6 Å². The molecule has 0 heterocycles. The Balaban J connectivity index is 4.08. The van der Waals surface area contributed by atoms with Crippen molar-refractivity contribution in [3.05, 3.63) is 12.2 Å². The zero-order valence-corrected chi connectivity index (χ0v) is 10.5. The van der Waals surface area contributed by atoms with Crippen LogP contribution in [0.25, 0.3) is 0 Å². The fourth-order valence-corrected chi connectivity index (χ4v) is 2.55. The summed E-state index contributed by atoms with van der Waals surface area (Å²) in [6.07, 6.45) is 1.81. The number of allylic oxidation sites excluding steroid dienone is 1. The van der Waals surface area contributed by atoms with E-state index in [1.54, 1.807) is 6.92 Å². The molecule has 3 nitrogen and oxygen atoms in total. The van der Waals surface area contributed by atoms with E-state index in [1.165, 1.54) is 0 Å². The molecular weight excluding hydrogens is 196 g/mol. The molecule has 0 spiro atoms. The molecule has 0 saturated carbocycles. The number of rotatable bonds is 8. The molecule has 0 aromatic heterocycles. The van der Waals surface area contributed by atoms with Crippen molar-refractivity contribution < 1.29 is 13.6 Å². The fraction of sp³-hybridized carbons (Fsp3) is 0.700. The van der Waals surface area contributed by atoms with Crippen molar-refractivity contribution in [3.63, 3.8) is 0 Å². The first kappa shape index (κ1) is 13.5. The van der Waals surface area contributed by atoms with Crippen LogP contribution < -0.4 is 0 Å². The largest absolute Gasteiger partial charge is 0.399 e. The average Bonchev–Trinajstić information content (AvgIpc) is 2.17. The van der Waals surface area contributed by atoms with Gasteiger partial charge in [0, 0.05) is 13.2 Å². The van der Waals surface area contributed by atoms with Gasteiger partial charge in [-0.1, -0.05) is 20.4 Å². The van der Waals surface area contributed by atoms with Gasteiger partial charge in [0.05, 0.1) is 0 Å². The highest BCUT2D eigenvalue weighted by Gasteiger charge is 2.23. The lowest BCUT2D eigenvalue weighted by atomic mass is 10.4. The number of hydrogen-bond acceptors (Lipinski definition) is 3. The molecule has 0 fully saturated rings. The quantitative estimate of drug-likeness (QED) is 0.458. The molecule has 0 amide bonds. The van der Waals surface area contributed by atoms with E-state index < -0.39 is 9.28 Å². The van der Waals surface area contributed by atoms with E-state index in [2.05, 4.69) is 6.58 Å². The molecule has 14 heavy (non-hydrogen) atoms. The van der Waals surface area contributed by atoms with Gasteiger partial charge in [-0.25, -0.2) is 0 Å². The smallest absolute Gasteiger partial charge is 0.391 e. The Labute approximate surface area is 87.9 Å². The molecule has 0 N–H and O–H groups in total. The molecular formula is C10H20O3Si. The van der Waals surface area contributed by atoms with E-state index in [-0.39, 0.29) is 5.41 Å². The molecule has 0 aromatic rings. The Morgan fingerprint density at radius 3 is 1.93 bits per heavy atom. The van der Waals surface area contributed by atoms with E-state index in [9.17, 15) is 4.79 Å². The van der Waals surface area contributed by atoms with Gasteiger partial charge >= 0.3 is 9.28 Å².